The Kier molecular flexibility index (Phi) is 4.43. The van der Waals surface area contributed by atoms with Gasteiger partial charge in [0.2, 0.25) is 0 Å². The van der Waals surface area contributed by atoms with Crippen LogP contribution in [0.2, 0.25) is 0 Å². The Hall–Kier alpha value is -2.18. The van der Waals surface area contributed by atoms with E-state index in [0.29, 0.717) is 5.56 Å². The molecule has 0 aliphatic heterocycles. The fourth-order valence-corrected chi connectivity index (χ4v) is 5.97. The smallest absolute Gasteiger partial charge is 0.314 e. The standard InChI is InChI=1S/C19H20O5S/c1-13-8-10-14(11-9-13)16-17(19(16,12-24-2)18(20)21)25(22,23)15-6-4-3-5-7-15/h3-11,16-17H,12H2,1-2H3,(H,20,21)/t16-,17+,19-/m0/s1. The third-order valence-electron chi connectivity index (χ3n) is 4.88. The predicted octanol–water partition coefficient (Wildman–Crippen LogP) is 2.65. The molecule has 5 nitrogen and oxygen atoms in total. The van der Waals surface area contributed by atoms with E-state index in [1.807, 2.05) is 19.1 Å². The summed E-state index contributed by atoms with van der Waals surface area (Å²) in [4.78, 5) is 12.2. The van der Waals surface area contributed by atoms with E-state index in [1.54, 1.807) is 30.3 Å². The lowest BCUT2D eigenvalue weighted by Crippen LogP contribution is -2.28. The largest absolute Gasteiger partial charge is 0.481 e. The number of carboxylic acids is 1. The molecule has 0 bridgehead atoms. The second kappa shape index (κ2) is 6.28. The Morgan fingerprint density at radius 1 is 1.12 bits per heavy atom. The molecule has 1 aliphatic carbocycles. The first kappa shape index (κ1) is 17.6. The van der Waals surface area contributed by atoms with Crippen LogP contribution in [-0.2, 0) is 19.4 Å². The summed E-state index contributed by atoms with van der Waals surface area (Å²) >= 11 is 0. The number of rotatable bonds is 6. The van der Waals surface area contributed by atoms with E-state index < -0.39 is 32.4 Å². The van der Waals surface area contributed by atoms with Gasteiger partial charge in [0.25, 0.3) is 0 Å². The maximum atomic E-state index is 13.1. The molecule has 2 aromatic carbocycles. The average molecular weight is 360 g/mol. The summed E-state index contributed by atoms with van der Waals surface area (Å²) in [5.41, 5.74) is 0.257. The van der Waals surface area contributed by atoms with Gasteiger partial charge in [-0.2, -0.15) is 0 Å². The van der Waals surface area contributed by atoms with E-state index in [1.165, 1.54) is 19.2 Å². The summed E-state index contributed by atoms with van der Waals surface area (Å²) in [6.45, 7) is 1.77. The molecule has 0 aromatic heterocycles. The fourth-order valence-electron chi connectivity index (χ4n) is 3.59. The highest BCUT2D eigenvalue weighted by molar-refractivity contribution is 7.92. The normalized spacial score (nSPS) is 25.5. The van der Waals surface area contributed by atoms with Crippen LogP contribution in [0.5, 0.6) is 0 Å². The SMILES string of the molecule is COC[C@@]1(C(=O)O)[C@H](S(=O)(=O)c2ccccc2)[C@@H]1c1ccc(C)cc1. The minimum absolute atomic E-state index is 0.135. The lowest BCUT2D eigenvalue weighted by Gasteiger charge is -2.12. The molecule has 1 saturated carbocycles. The fraction of sp³-hybridized carbons (Fsp3) is 0.316. The maximum Gasteiger partial charge on any atom is 0.314 e. The number of carbonyl (C=O) groups is 1. The van der Waals surface area contributed by atoms with E-state index in [-0.39, 0.29) is 11.5 Å². The Labute approximate surface area is 147 Å². The van der Waals surface area contributed by atoms with Gasteiger partial charge < -0.3 is 9.84 Å². The highest BCUT2D eigenvalue weighted by atomic mass is 32.2. The zero-order valence-corrected chi connectivity index (χ0v) is 14.9. The summed E-state index contributed by atoms with van der Waals surface area (Å²) in [7, 11) is -2.42. The van der Waals surface area contributed by atoms with E-state index >= 15 is 0 Å². The number of hydrogen-bond acceptors (Lipinski definition) is 4. The number of aryl methyl sites for hydroxylation is 1. The first-order valence-corrected chi connectivity index (χ1v) is 9.48. The van der Waals surface area contributed by atoms with Gasteiger partial charge in [0.15, 0.2) is 9.84 Å². The minimum Gasteiger partial charge on any atom is -0.481 e. The third kappa shape index (κ3) is 2.75. The molecular weight excluding hydrogens is 340 g/mol. The molecule has 1 fully saturated rings. The zero-order chi connectivity index (χ0) is 18.2. The lowest BCUT2D eigenvalue weighted by atomic mass is 9.99. The number of sulfone groups is 1. The molecule has 0 spiro atoms. The second-order valence-electron chi connectivity index (χ2n) is 6.45. The van der Waals surface area contributed by atoms with Crippen molar-refractivity contribution in [3.05, 3.63) is 65.7 Å². The molecule has 3 atom stereocenters. The molecule has 25 heavy (non-hydrogen) atoms. The molecule has 132 valence electrons. The molecule has 0 heterocycles. The van der Waals surface area contributed by atoms with Crippen LogP contribution in [0.4, 0.5) is 0 Å². The molecule has 0 amide bonds. The quantitative estimate of drug-likeness (QED) is 0.856. The summed E-state index contributed by atoms with van der Waals surface area (Å²) in [6.07, 6.45) is 0. The van der Waals surface area contributed by atoms with Gasteiger partial charge in [-0.3, -0.25) is 4.79 Å². The maximum absolute atomic E-state index is 13.1. The molecule has 1 N–H and O–H groups in total. The summed E-state index contributed by atoms with van der Waals surface area (Å²) in [6, 6.07) is 15.3. The van der Waals surface area contributed by atoms with E-state index in [9.17, 15) is 18.3 Å². The van der Waals surface area contributed by atoms with Crippen molar-refractivity contribution in [1.82, 2.24) is 0 Å². The van der Waals surface area contributed by atoms with Crippen LogP contribution in [0.1, 0.15) is 17.0 Å². The highest BCUT2D eigenvalue weighted by Crippen LogP contribution is 2.64. The highest BCUT2D eigenvalue weighted by Gasteiger charge is 2.76. The van der Waals surface area contributed by atoms with Crippen molar-refractivity contribution in [1.29, 1.82) is 0 Å². The van der Waals surface area contributed by atoms with Gasteiger partial charge in [-0.05, 0) is 24.6 Å². The van der Waals surface area contributed by atoms with Gasteiger partial charge in [-0.15, -0.1) is 0 Å². The second-order valence-corrected chi connectivity index (χ2v) is 8.51. The summed E-state index contributed by atoms with van der Waals surface area (Å²) in [5.74, 6) is -1.79. The number of methoxy groups -OCH3 is 1. The Morgan fingerprint density at radius 3 is 2.24 bits per heavy atom. The van der Waals surface area contributed by atoms with Crippen LogP contribution in [0.25, 0.3) is 0 Å². The average Bonchev–Trinajstić information content (AvgIpc) is 3.28. The van der Waals surface area contributed by atoms with Crippen molar-refractivity contribution >= 4 is 15.8 Å². The number of carboxylic acid groups (broad SMARTS) is 1. The van der Waals surface area contributed by atoms with Gasteiger partial charge in [-0.25, -0.2) is 8.42 Å². The van der Waals surface area contributed by atoms with Gasteiger partial charge in [0, 0.05) is 13.0 Å². The van der Waals surface area contributed by atoms with Crippen LogP contribution in [0.3, 0.4) is 0 Å². The van der Waals surface area contributed by atoms with Crippen molar-refractivity contribution < 1.29 is 23.1 Å². The van der Waals surface area contributed by atoms with Crippen molar-refractivity contribution in [3.8, 4) is 0 Å². The first-order valence-electron chi connectivity index (χ1n) is 7.93. The van der Waals surface area contributed by atoms with Crippen LogP contribution < -0.4 is 0 Å². The molecule has 2 aromatic rings. The van der Waals surface area contributed by atoms with E-state index in [0.717, 1.165) is 5.56 Å². The van der Waals surface area contributed by atoms with Crippen LogP contribution in [-0.4, -0.2) is 38.5 Å². The van der Waals surface area contributed by atoms with Gasteiger partial charge in [0.1, 0.15) is 5.41 Å². The number of hydrogen-bond donors (Lipinski definition) is 1. The number of aliphatic carboxylic acids is 1. The van der Waals surface area contributed by atoms with Gasteiger partial charge in [-0.1, -0.05) is 48.0 Å². The molecule has 6 heteroatoms. The third-order valence-corrected chi connectivity index (χ3v) is 7.17. The molecule has 0 saturated heterocycles. The molecule has 0 radical (unpaired) electrons. The van der Waals surface area contributed by atoms with Gasteiger partial charge in [0.05, 0.1) is 16.8 Å². The topological polar surface area (TPSA) is 80.7 Å². The molecular formula is C19H20O5S. The number of ether oxygens (including phenoxy) is 1. The molecule has 3 rings (SSSR count). The zero-order valence-electron chi connectivity index (χ0n) is 14.0. The van der Waals surface area contributed by atoms with Crippen molar-refractivity contribution in [3.63, 3.8) is 0 Å². The molecule has 1 aliphatic rings. The number of benzene rings is 2. The van der Waals surface area contributed by atoms with E-state index in [4.69, 9.17) is 4.74 Å². The minimum atomic E-state index is -3.81. The monoisotopic (exact) mass is 360 g/mol. The van der Waals surface area contributed by atoms with Crippen LogP contribution in [0.15, 0.2) is 59.5 Å². The van der Waals surface area contributed by atoms with Crippen molar-refractivity contribution in [2.24, 2.45) is 5.41 Å². The van der Waals surface area contributed by atoms with Crippen molar-refractivity contribution in [2.75, 3.05) is 13.7 Å². The van der Waals surface area contributed by atoms with E-state index in [2.05, 4.69) is 0 Å². The van der Waals surface area contributed by atoms with Gasteiger partial charge >= 0.3 is 5.97 Å². The lowest BCUT2D eigenvalue weighted by molar-refractivity contribution is -0.145. The first-order chi connectivity index (χ1) is 11.9. The Morgan fingerprint density at radius 2 is 1.72 bits per heavy atom. The predicted molar refractivity (Wildman–Crippen MR) is 93.3 cm³/mol. The molecule has 0 unspecified atom stereocenters. The van der Waals surface area contributed by atoms with Crippen molar-refractivity contribution in [2.45, 2.75) is 23.0 Å². The summed E-state index contributed by atoms with van der Waals surface area (Å²) < 4.78 is 31.4. The Bertz CT molecular complexity index is 874. The van der Waals surface area contributed by atoms with Crippen LogP contribution >= 0.6 is 0 Å². The van der Waals surface area contributed by atoms with Crippen LogP contribution in [0, 0.1) is 12.3 Å². The summed E-state index contributed by atoms with van der Waals surface area (Å²) in [5, 5.41) is 8.80. The Balaban J connectivity index is 2.12.